The van der Waals surface area contributed by atoms with Crippen LogP contribution < -0.4 is 0 Å². The first-order valence-electron chi connectivity index (χ1n) is 7.44. The zero-order chi connectivity index (χ0) is 15.0. The molecule has 0 aromatic rings. The molecule has 118 valence electrons. The molecule has 0 bridgehead atoms. The third kappa shape index (κ3) is 4.85. The van der Waals surface area contributed by atoms with Gasteiger partial charge in [-0.3, -0.25) is 13.8 Å². The topological polar surface area (TPSA) is 76.1 Å². The van der Waals surface area contributed by atoms with Gasteiger partial charge in [-0.25, -0.2) is 4.57 Å². The number of carboxylic acid groups (broad SMARTS) is 1. The normalized spacial score (nSPS) is 20.4. The Morgan fingerprint density at radius 1 is 1.25 bits per heavy atom. The molecule has 1 aliphatic rings. The van der Waals surface area contributed by atoms with Crippen LogP contribution in [-0.4, -0.2) is 41.5 Å². The average Bonchev–Trinajstić information content (AvgIpc) is 2.89. The van der Waals surface area contributed by atoms with Crippen molar-refractivity contribution in [2.45, 2.75) is 58.4 Å². The number of carbonyl (C=O) groups is 1. The van der Waals surface area contributed by atoms with Crippen molar-refractivity contribution in [2.24, 2.45) is 0 Å². The van der Waals surface area contributed by atoms with Gasteiger partial charge >= 0.3 is 13.7 Å². The fourth-order valence-electron chi connectivity index (χ4n) is 2.13. The van der Waals surface area contributed by atoms with Crippen LogP contribution in [-0.2, 0) is 18.4 Å². The number of rotatable bonds is 10. The van der Waals surface area contributed by atoms with Crippen molar-refractivity contribution in [3.8, 4) is 0 Å². The van der Waals surface area contributed by atoms with Crippen molar-refractivity contribution in [1.29, 1.82) is 0 Å². The van der Waals surface area contributed by atoms with E-state index in [1.807, 2.05) is 13.8 Å². The molecule has 1 aliphatic heterocycles. The summed E-state index contributed by atoms with van der Waals surface area (Å²) in [4.78, 5) is 11.2. The van der Waals surface area contributed by atoms with Crippen molar-refractivity contribution in [3.63, 3.8) is 0 Å². The second kappa shape index (κ2) is 8.78. The van der Waals surface area contributed by atoms with Gasteiger partial charge in [-0.05, 0) is 25.7 Å². The summed E-state index contributed by atoms with van der Waals surface area (Å²) in [5.74, 6) is -0.957. The van der Waals surface area contributed by atoms with Gasteiger partial charge in [-0.2, -0.15) is 4.67 Å². The highest BCUT2D eigenvalue weighted by atomic mass is 31.2. The van der Waals surface area contributed by atoms with Gasteiger partial charge in [-0.15, -0.1) is 0 Å². The van der Waals surface area contributed by atoms with E-state index in [1.54, 1.807) is 0 Å². The van der Waals surface area contributed by atoms with Crippen LogP contribution in [0.1, 0.15) is 52.4 Å². The van der Waals surface area contributed by atoms with Gasteiger partial charge in [0.15, 0.2) is 0 Å². The zero-order valence-electron chi connectivity index (χ0n) is 12.4. The predicted octanol–water partition coefficient (Wildman–Crippen LogP) is 3.28. The Labute approximate surface area is 121 Å². The molecule has 0 aromatic carbocycles. The number of nitrogens with zero attached hydrogens (tertiary/aromatic N) is 1. The Morgan fingerprint density at radius 2 is 1.80 bits per heavy atom. The Balaban J connectivity index is 2.73. The molecule has 0 aliphatic carbocycles. The van der Waals surface area contributed by atoms with E-state index < -0.39 is 19.8 Å². The van der Waals surface area contributed by atoms with Crippen molar-refractivity contribution in [1.82, 2.24) is 4.67 Å². The van der Waals surface area contributed by atoms with Crippen LogP contribution in [0.2, 0.25) is 0 Å². The Morgan fingerprint density at radius 3 is 2.25 bits per heavy atom. The highest BCUT2D eigenvalue weighted by molar-refractivity contribution is 7.51. The molecule has 1 atom stereocenters. The molecule has 0 amide bonds. The predicted molar refractivity (Wildman–Crippen MR) is 76.7 cm³/mol. The molecule has 1 saturated heterocycles. The van der Waals surface area contributed by atoms with E-state index in [0.717, 1.165) is 25.7 Å². The summed E-state index contributed by atoms with van der Waals surface area (Å²) in [6.07, 6.45) is 4.62. The van der Waals surface area contributed by atoms with E-state index in [0.29, 0.717) is 32.6 Å². The van der Waals surface area contributed by atoms with Crippen LogP contribution in [0.5, 0.6) is 0 Å². The quantitative estimate of drug-likeness (QED) is 0.493. The lowest BCUT2D eigenvalue weighted by Gasteiger charge is -2.29. The largest absolute Gasteiger partial charge is 0.480 e. The van der Waals surface area contributed by atoms with Crippen LogP contribution in [0.15, 0.2) is 0 Å². The Bertz CT molecular complexity index is 336. The van der Waals surface area contributed by atoms with Gasteiger partial charge in [0.05, 0.1) is 13.2 Å². The molecule has 1 N–H and O–H groups in total. The van der Waals surface area contributed by atoms with Crippen molar-refractivity contribution in [2.75, 3.05) is 19.8 Å². The first kappa shape index (κ1) is 17.6. The third-order valence-electron chi connectivity index (χ3n) is 3.33. The van der Waals surface area contributed by atoms with E-state index >= 15 is 0 Å². The molecule has 1 fully saturated rings. The van der Waals surface area contributed by atoms with Crippen molar-refractivity contribution in [3.05, 3.63) is 0 Å². The standard InChI is InChI=1S/C13H26NO5P/c1-3-5-10-18-20(17,19-11-6-4-2)14-9-7-8-12(14)13(15)16/h12H,3-11H2,1-2H3,(H,15,16). The van der Waals surface area contributed by atoms with Crippen LogP contribution in [0.3, 0.4) is 0 Å². The Hall–Kier alpha value is -0.420. The second-order valence-electron chi connectivity index (χ2n) is 5.00. The molecule has 7 heteroatoms. The van der Waals surface area contributed by atoms with Gasteiger partial charge in [0.1, 0.15) is 6.04 Å². The minimum atomic E-state index is -3.48. The fraction of sp³-hybridized carbons (Fsp3) is 0.923. The molecule has 0 aromatic heterocycles. The molecule has 1 heterocycles. The lowest BCUT2D eigenvalue weighted by atomic mass is 10.2. The van der Waals surface area contributed by atoms with Gasteiger partial charge in [-0.1, -0.05) is 26.7 Å². The maximum absolute atomic E-state index is 12.9. The monoisotopic (exact) mass is 307 g/mol. The molecule has 0 spiro atoms. The summed E-state index contributed by atoms with van der Waals surface area (Å²) in [6.45, 7) is 5.16. The Kier molecular flexibility index (Phi) is 7.74. The summed E-state index contributed by atoms with van der Waals surface area (Å²) in [5.41, 5.74) is 0. The minimum Gasteiger partial charge on any atom is -0.480 e. The maximum atomic E-state index is 12.9. The van der Waals surface area contributed by atoms with Gasteiger partial charge in [0.2, 0.25) is 0 Å². The highest BCUT2D eigenvalue weighted by Gasteiger charge is 2.44. The van der Waals surface area contributed by atoms with E-state index in [4.69, 9.17) is 9.05 Å². The lowest BCUT2D eigenvalue weighted by molar-refractivity contribution is -0.141. The van der Waals surface area contributed by atoms with Crippen molar-refractivity contribution >= 4 is 13.7 Å². The van der Waals surface area contributed by atoms with Crippen LogP contribution in [0.4, 0.5) is 0 Å². The van der Waals surface area contributed by atoms with E-state index in [2.05, 4.69) is 0 Å². The number of carboxylic acids is 1. The average molecular weight is 307 g/mol. The smallest absolute Gasteiger partial charge is 0.408 e. The fourth-order valence-corrected chi connectivity index (χ4v) is 4.16. The van der Waals surface area contributed by atoms with Crippen LogP contribution >= 0.6 is 7.75 Å². The maximum Gasteiger partial charge on any atom is 0.408 e. The molecule has 6 nitrogen and oxygen atoms in total. The first-order valence-corrected chi connectivity index (χ1v) is 8.93. The van der Waals surface area contributed by atoms with Crippen LogP contribution in [0, 0.1) is 0 Å². The van der Waals surface area contributed by atoms with Gasteiger partial charge < -0.3 is 5.11 Å². The van der Waals surface area contributed by atoms with Crippen LogP contribution in [0.25, 0.3) is 0 Å². The van der Waals surface area contributed by atoms with E-state index in [9.17, 15) is 14.5 Å². The number of hydrogen-bond donors (Lipinski definition) is 1. The lowest BCUT2D eigenvalue weighted by Crippen LogP contribution is -2.35. The molecule has 0 saturated carbocycles. The molecular weight excluding hydrogens is 281 g/mol. The third-order valence-corrected chi connectivity index (χ3v) is 5.45. The SMILES string of the molecule is CCCCOP(=O)(OCCCC)N1CCCC1C(=O)O. The molecule has 20 heavy (non-hydrogen) atoms. The summed E-state index contributed by atoms with van der Waals surface area (Å²) >= 11 is 0. The minimum absolute atomic E-state index is 0.336. The number of hydrogen-bond acceptors (Lipinski definition) is 4. The number of aliphatic carboxylic acids is 1. The summed E-state index contributed by atoms with van der Waals surface area (Å²) in [6, 6.07) is -0.760. The molecule has 0 radical (unpaired) electrons. The molecular formula is C13H26NO5P. The number of unbranched alkanes of at least 4 members (excludes halogenated alkanes) is 2. The summed E-state index contributed by atoms with van der Waals surface area (Å²) < 4.78 is 25.3. The van der Waals surface area contributed by atoms with Gasteiger partial charge in [0, 0.05) is 6.54 Å². The van der Waals surface area contributed by atoms with Gasteiger partial charge in [0.25, 0.3) is 0 Å². The molecule has 1 unspecified atom stereocenters. The first-order chi connectivity index (χ1) is 9.55. The molecule has 1 rings (SSSR count). The van der Waals surface area contributed by atoms with Crippen molar-refractivity contribution < 1.29 is 23.5 Å². The van der Waals surface area contributed by atoms with E-state index in [1.165, 1.54) is 4.67 Å². The zero-order valence-corrected chi connectivity index (χ0v) is 13.3. The second-order valence-corrected chi connectivity index (χ2v) is 6.97. The van der Waals surface area contributed by atoms with E-state index in [-0.39, 0.29) is 0 Å². The summed E-state index contributed by atoms with van der Waals surface area (Å²) in [5, 5.41) is 9.22. The highest BCUT2D eigenvalue weighted by Crippen LogP contribution is 2.55. The summed E-state index contributed by atoms with van der Waals surface area (Å²) in [7, 11) is -3.48.